The topological polar surface area (TPSA) is 92.9 Å². The number of nitrogens with one attached hydrogen (secondary N) is 2. The third kappa shape index (κ3) is 5.26. The fourth-order valence-electron chi connectivity index (χ4n) is 1.87. The number of thioether (sulfide) groups is 1. The molecule has 25 heavy (non-hydrogen) atoms. The SMILES string of the molecule is Cc1cc(NC(=O)CCSc2nnc(Nc3cccc(F)c3)s2)no1. The number of benzene rings is 1. The van der Waals surface area contributed by atoms with Gasteiger partial charge in [0.15, 0.2) is 10.2 Å². The Morgan fingerprint density at radius 2 is 2.24 bits per heavy atom. The highest BCUT2D eigenvalue weighted by Crippen LogP contribution is 2.28. The van der Waals surface area contributed by atoms with Crippen molar-refractivity contribution in [3.63, 3.8) is 0 Å². The molecule has 0 aliphatic rings. The van der Waals surface area contributed by atoms with Crippen LogP contribution in [0.5, 0.6) is 0 Å². The second-order valence-electron chi connectivity index (χ2n) is 4.98. The van der Waals surface area contributed by atoms with Crippen molar-refractivity contribution in [2.45, 2.75) is 17.7 Å². The highest BCUT2D eigenvalue weighted by Gasteiger charge is 2.09. The van der Waals surface area contributed by atoms with Crippen LogP contribution < -0.4 is 10.6 Å². The van der Waals surface area contributed by atoms with Gasteiger partial charge in [-0.25, -0.2) is 4.39 Å². The van der Waals surface area contributed by atoms with Crippen molar-refractivity contribution in [2.24, 2.45) is 0 Å². The lowest BCUT2D eigenvalue weighted by Crippen LogP contribution is -2.12. The van der Waals surface area contributed by atoms with Gasteiger partial charge in [-0.05, 0) is 25.1 Å². The number of hydrogen-bond acceptors (Lipinski definition) is 8. The van der Waals surface area contributed by atoms with Crippen LogP contribution in [0.25, 0.3) is 0 Å². The third-order valence-electron chi connectivity index (χ3n) is 2.93. The van der Waals surface area contributed by atoms with Gasteiger partial charge in [0, 0.05) is 23.9 Å². The first-order valence-corrected chi connectivity index (χ1v) is 9.11. The van der Waals surface area contributed by atoms with Crippen molar-refractivity contribution in [3.8, 4) is 0 Å². The molecule has 0 spiro atoms. The van der Waals surface area contributed by atoms with E-state index in [2.05, 4.69) is 26.0 Å². The van der Waals surface area contributed by atoms with Crippen LogP contribution in [0, 0.1) is 12.7 Å². The molecule has 0 aliphatic heterocycles. The second-order valence-corrected chi connectivity index (χ2v) is 7.30. The van der Waals surface area contributed by atoms with Gasteiger partial charge in [-0.1, -0.05) is 34.3 Å². The van der Waals surface area contributed by atoms with Crippen molar-refractivity contribution in [1.29, 1.82) is 0 Å². The summed E-state index contributed by atoms with van der Waals surface area (Å²) in [4.78, 5) is 11.8. The van der Waals surface area contributed by atoms with Gasteiger partial charge in [0.2, 0.25) is 11.0 Å². The summed E-state index contributed by atoms with van der Waals surface area (Å²) in [5, 5.41) is 18.0. The zero-order valence-corrected chi connectivity index (χ0v) is 14.8. The average molecular weight is 379 g/mol. The predicted molar refractivity (Wildman–Crippen MR) is 94.8 cm³/mol. The van der Waals surface area contributed by atoms with Crippen molar-refractivity contribution in [2.75, 3.05) is 16.4 Å². The Balaban J connectivity index is 1.44. The van der Waals surface area contributed by atoms with Crippen LogP contribution in [0.4, 0.5) is 21.0 Å². The first kappa shape index (κ1) is 17.4. The van der Waals surface area contributed by atoms with Crippen molar-refractivity contribution >= 4 is 45.6 Å². The Morgan fingerprint density at radius 1 is 1.36 bits per heavy atom. The number of hydrogen-bond donors (Lipinski definition) is 2. The minimum Gasteiger partial charge on any atom is -0.360 e. The predicted octanol–water partition coefficient (Wildman–Crippen LogP) is 3.84. The Kier molecular flexibility index (Phi) is 5.61. The summed E-state index contributed by atoms with van der Waals surface area (Å²) in [6.07, 6.45) is 0.308. The van der Waals surface area contributed by atoms with E-state index >= 15 is 0 Å². The molecule has 1 aromatic carbocycles. The molecule has 2 N–H and O–H groups in total. The minimum atomic E-state index is -0.322. The fourth-order valence-corrected chi connectivity index (χ4v) is 3.65. The van der Waals surface area contributed by atoms with Gasteiger partial charge in [0.1, 0.15) is 11.6 Å². The maximum atomic E-state index is 13.1. The third-order valence-corrected chi connectivity index (χ3v) is 4.91. The normalized spacial score (nSPS) is 10.6. The van der Waals surface area contributed by atoms with Crippen LogP contribution >= 0.6 is 23.1 Å². The lowest BCUT2D eigenvalue weighted by Gasteiger charge is -2.00. The zero-order valence-electron chi connectivity index (χ0n) is 13.2. The highest BCUT2D eigenvalue weighted by atomic mass is 32.2. The average Bonchev–Trinajstić information content (AvgIpc) is 3.16. The first-order valence-electron chi connectivity index (χ1n) is 7.30. The molecule has 0 bridgehead atoms. The first-order chi connectivity index (χ1) is 12.1. The molecule has 2 heterocycles. The van der Waals surface area contributed by atoms with E-state index in [0.29, 0.717) is 34.6 Å². The van der Waals surface area contributed by atoms with Gasteiger partial charge < -0.3 is 15.2 Å². The summed E-state index contributed by atoms with van der Waals surface area (Å²) >= 11 is 2.77. The highest BCUT2D eigenvalue weighted by molar-refractivity contribution is 8.01. The number of aromatic nitrogens is 3. The molecule has 130 valence electrons. The molecule has 0 unspecified atom stereocenters. The van der Waals surface area contributed by atoms with Crippen LogP contribution in [0.15, 0.2) is 39.2 Å². The molecule has 1 amide bonds. The summed E-state index contributed by atoms with van der Waals surface area (Å²) in [5.74, 6) is 1.12. The molecule has 3 aromatic rings. The van der Waals surface area contributed by atoms with Gasteiger partial charge in [-0.15, -0.1) is 10.2 Å². The second kappa shape index (κ2) is 8.08. The van der Waals surface area contributed by atoms with Gasteiger partial charge >= 0.3 is 0 Å². The van der Waals surface area contributed by atoms with E-state index in [4.69, 9.17) is 4.52 Å². The lowest BCUT2D eigenvalue weighted by atomic mass is 10.3. The molecule has 0 aliphatic carbocycles. The van der Waals surface area contributed by atoms with Gasteiger partial charge in [0.05, 0.1) is 0 Å². The summed E-state index contributed by atoms with van der Waals surface area (Å²) in [7, 11) is 0. The Bertz CT molecular complexity index is 867. The molecular weight excluding hydrogens is 365 g/mol. The van der Waals surface area contributed by atoms with Crippen molar-refractivity contribution in [1.82, 2.24) is 15.4 Å². The Labute approximate surface area is 151 Å². The van der Waals surface area contributed by atoms with E-state index in [0.717, 1.165) is 4.34 Å². The summed E-state index contributed by atoms with van der Waals surface area (Å²) in [6, 6.07) is 7.76. The summed E-state index contributed by atoms with van der Waals surface area (Å²) < 4.78 is 18.8. The Hall–Kier alpha value is -2.46. The maximum absolute atomic E-state index is 13.1. The molecule has 0 atom stereocenters. The van der Waals surface area contributed by atoms with E-state index in [-0.39, 0.29) is 11.7 Å². The molecule has 0 saturated heterocycles. The van der Waals surface area contributed by atoms with E-state index < -0.39 is 0 Å². The molecule has 3 rings (SSSR count). The fraction of sp³-hybridized carbons (Fsp3) is 0.200. The summed E-state index contributed by atoms with van der Waals surface area (Å²) in [6.45, 7) is 1.75. The van der Waals surface area contributed by atoms with Crippen LogP contribution in [-0.4, -0.2) is 27.0 Å². The van der Waals surface area contributed by atoms with Crippen molar-refractivity contribution in [3.05, 3.63) is 41.9 Å². The monoisotopic (exact) mass is 379 g/mol. The minimum absolute atomic E-state index is 0.150. The molecule has 7 nitrogen and oxygen atoms in total. The molecule has 2 aromatic heterocycles. The smallest absolute Gasteiger partial charge is 0.226 e. The Morgan fingerprint density at radius 3 is 3.00 bits per heavy atom. The van der Waals surface area contributed by atoms with Crippen LogP contribution in [-0.2, 0) is 4.79 Å². The largest absolute Gasteiger partial charge is 0.360 e. The molecule has 0 radical (unpaired) electrons. The number of amides is 1. The standard InChI is InChI=1S/C15H14FN5O2S2/c1-9-7-12(21-23-9)18-13(22)5-6-24-15-20-19-14(25-15)17-11-4-2-3-10(16)8-11/h2-4,7-8H,5-6H2,1H3,(H,17,19)(H,18,21,22). The van der Waals surface area contributed by atoms with Gasteiger partial charge in [-0.3, -0.25) is 4.79 Å². The number of carbonyl (C=O) groups is 1. The number of anilines is 3. The van der Waals surface area contributed by atoms with Crippen LogP contribution in [0.1, 0.15) is 12.2 Å². The number of halogens is 1. The van der Waals surface area contributed by atoms with E-state index in [1.54, 1.807) is 25.1 Å². The van der Waals surface area contributed by atoms with Crippen molar-refractivity contribution < 1.29 is 13.7 Å². The molecular formula is C15H14FN5O2S2. The van der Waals surface area contributed by atoms with Gasteiger partial charge in [0.25, 0.3) is 0 Å². The zero-order chi connectivity index (χ0) is 17.6. The van der Waals surface area contributed by atoms with E-state index in [1.807, 2.05) is 0 Å². The van der Waals surface area contributed by atoms with Crippen LogP contribution in [0.3, 0.4) is 0 Å². The molecule has 10 heteroatoms. The maximum Gasteiger partial charge on any atom is 0.226 e. The van der Waals surface area contributed by atoms with E-state index in [9.17, 15) is 9.18 Å². The number of rotatable bonds is 7. The van der Waals surface area contributed by atoms with E-state index in [1.165, 1.54) is 35.2 Å². The summed E-state index contributed by atoms with van der Waals surface area (Å²) in [5.41, 5.74) is 0.606. The number of carbonyl (C=O) groups excluding carboxylic acids is 1. The van der Waals surface area contributed by atoms with Crippen LogP contribution in [0.2, 0.25) is 0 Å². The van der Waals surface area contributed by atoms with Gasteiger partial charge in [-0.2, -0.15) is 0 Å². The number of aryl methyl sites for hydroxylation is 1. The quantitative estimate of drug-likeness (QED) is 0.603. The lowest BCUT2D eigenvalue weighted by molar-refractivity contribution is -0.115. The molecule has 0 saturated carbocycles. The molecule has 0 fully saturated rings. The number of nitrogens with zero attached hydrogens (tertiary/aromatic N) is 3.